The van der Waals surface area contributed by atoms with Gasteiger partial charge in [-0.05, 0) is 86.2 Å². The third kappa shape index (κ3) is 6.14. The number of ether oxygens (including phenoxy) is 2. The van der Waals surface area contributed by atoms with E-state index in [1.54, 1.807) is 24.1 Å². The van der Waals surface area contributed by atoms with Crippen LogP contribution >= 0.6 is 0 Å². The zero-order valence-corrected chi connectivity index (χ0v) is 24.6. The van der Waals surface area contributed by atoms with Gasteiger partial charge in [0, 0.05) is 37.6 Å². The first-order valence-corrected chi connectivity index (χ1v) is 14.9. The summed E-state index contributed by atoms with van der Waals surface area (Å²) < 4.78 is 13.4. The Bertz CT molecular complexity index is 1370. The monoisotopic (exact) mass is 561 g/mol. The summed E-state index contributed by atoms with van der Waals surface area (Å²) in [5.41, 5.74) is 4.11. The summed E-state index contributed by atoms with van der Waals surface area (Å²) >= 11 is 0. The molecule has 0 atom stereocenters. The Morgan fingerprint density at radius 3 is 2.44 bits per heavy atom. The van der Waals surface area contributed by atoms with Crippen LogP contribution in [0.15, 0.2) is 42.5 Å². The Labute approximate surface area is 242 Å². The average molecular weight is 562 g/mol. The molecule has 0 saturated heterocycles. The van der Waals surface area contributed by atoms with E-state index >= 15 is 0 Å². The summed E-state index contributed by atoms with van der Waals surface area (Å²) in [5.74, 6) is 0.366. The van der Waals surface area contributed by atoms with E-state index < -0.39 is 11.4 Å². The van der Waals surface area contributed by atoms with Crippen molar-refractivity contribution in [3.8, 4) is 17.0 Å². The summed E-state index contributed by atoms with van der Waals surface area (Å²) in [4.78, 5) is 27.7. The molecule has 3 aromatic rings. The highest BCUT2D eigenvalue weighted by molar-refractivity contribution is 5.98. The number of likely N-dealkylation sites (N-methyl/N-ethyl adjacent to an activating group) is 2. The molecule has 2 saturated carbocycles. The highest BCUT2D eigenvalue weighted by Gasteiger charge is 2.52. The molecule has 2 aromatic carbocycles. The maximum atomic E-state index is 13.8. The minimum atomic E-state index is -0.944. The molecule has 2 fully saturated rings. The highest BCUT2D eigenvalue weighted by atomic mass is 16.5. The van der Waals surface area contributed by atoms with Crippen LogP contribution in [-0.2, 0) is 16.1 Å². The average Bonchev–Trinajstić information content (AvgIpc) is 3.72. The van der Waals surface area contributed by atoms with Crippen LogP contribution in [0.3, 0.4) is 0 Å². The number of carbonyl (C=O) groups excluding carboxylic acids is 1. The van der Waals surface area contributed by atoms with Crippen molar-refractivity contribution in [2.45, 2.75) is 57.4 Å². The van der Waals surface area contributed by atoms with Crippen molar-refractivity contribution in [2.75, 3.05) is 47.5 Å². The number of fused-ring (bicyclic) bond motifs is 1. The Morgan fingerprint density at radius 1 is 1.07 bits per heavy atom. The second kappa shape index (κ2) is 12.7. The molecule has 0 spiro atoms. The second-order valence-electron chi connectivity index (χ2n) is 11.7. The van der Waals surface area contributed by atoms with Crippen molar-refractivity contribution < 1.29 is 24.2 Å². The van der Waals surface area contributed by atoms with Gasteiger partial charge in [0.25, 0.3) is 0 Å². The molecule has 2 aliphatic rings. The molecule has 8 nitrogen and oxygen atoms in total. The number of hydrogen-bond acceptors (Lipinski definition) is 5. The highest BCUT2D eigenvalue weighted by Crippen LogP contribution is 2.52. The second-order valence-corrected chi connectivity index (χ2v) is 11.7. The third-order valence-corrected chi connectivity index (χ3v) is 8.91. The van der Waals surface area contributed by atoms with Crippen molar-refractivity contribution in [3.05, 3.63) is 53.6 Å². The molecule has 220 valence electrons. The van der Waals surface area contributed by atoms with E-state index in [0.29, 0.717) is 32.2 Å². The third-order valence-electron chi connectivity index (χ3n) is 8.91. The number of hydrogen-bond donors (Lipinski definition) is 2. The van der Waals surface area contributed by atoms with E-state index in [0.717, 1.165) is 60.1 Å². The molecule has 0 aliphatic heterocycles. The zero-order valence-electron chi connectivity index (χ0n) is 24.6. The molecule has 1 aromatic heterocycles. The Balaban J connectivity index is 1.58. The van der Waals surface area contributed by atoms with Crippen LogP contribution in [0.4, 0.5) is 0 Å². The number of aromatic nitrogens is 1. The number of carboxylic acid groups (broad SMARTS) is 1. The van der Waals surface area contributed by atoms with Crippen molar-refractivity contribution in [2.24, 2.45) is 5.41 Å². The van der Waals surface area contributed by atoms with Crippen molar-refractivity contribution in [1.29, 1.82) is 0 Å². The van der Waals surface area contributed by atoms with E-state index in [1.807, 2.05) is 32.3 Å². The molecule has 2 N–H and O–H groups in total. The van der Waals surface area contributed by atoms with Crippen LogP contribution < -0.4 is 10.1 Å². The van der Waals surface area contributed by atoms with Gasteiger partial charge in [-0.2, -0.15) is 0 Å². The van der Waals surface area contributed by atoms with Gasteiger partial charge in [0.15, 0.2) is 0 Å². The zero-order chi connectivity index (χ0) is 29.0. The summed E-state index contributed by atoms with van der Waals surface area (Å²) in [6, 6.07) is 13.6. The summed E-state index contributed by atoms with van der Waals surface area (Å²) in [5, 5.41) is 14.0. The van der Waals surface area contributed by atoms with Crippen LogP contribution in [0, 0.1) is 5.41 Å². The Morgan fingerprint density at radius 2 is 1.80 bits per heavy atom. The fourth-order valence-electron chi connectivity index (χ4n) is 6.42. The van der Waals surface area contributed by atoms with Gasteiger partial charge in [0.2, 0.25) is 5.91 Å². The minimum absolute atomic E-state index is 0.130. The van der Waals surface area contributed by atoms with Gasteiger partial charge in [-0.15, -0.1) is 0 Å². The molecule has 2 aliphatic carbocycles. The van der Waals surface area contributed by atoms with Gasteiger partial charge in [0.05, 0.1) is 37.0 Å². The topological polar surface area (TPSA) is 93.0 Å². The lowest BCUT2D eigenvalue weighted by Gasteiger charge is -2.26. The van der Waals surface area contributed by atoms with E-state index in [2.05, 4.69) is 22.0 Å². The van der Waals surface area contributed by atoms with E-state index in [9.17, 15) is 14.7 Å². The minimum Gasteiger partial charge on any atom is -0.497 e. The number of carbonyl (C=O) groups is 2. The summed E-state index contributed by atoms with van der Waals surface area (Å²) in [6.45, 7) is 2.94. The molecule has 5 rings (SSSR count). The van der Waals surface area contributed by atoms with Crippen molar-refractivity contribution in [3.63, 3.8) is 0 Å². The van der Waals surface area contributed by atoms with E-state index in [-0.39, 0.29) is 11.5 Å². The first kappa shape index (κ1) is 29.1. The first-order valence-electron chi connectivity index (χ1n) is 14.9. The van der Waals surface area contributed by atoms with E-state index in [1.165, 1.54) is 24.8 Å². The standard InChI is InChI=1S/C33H43N3O5/c1-34-17-19-41-20-18-35(2)32(39)33(15-16-33)22-36-28-21-25(31(37)38)11-14-27(28)29(23-7-5-4-6-8-23)30(36)24-9-12-26(40-3)13-10-24/h9-14,21,23,34H,4-8,15-20,22H2,1-3H3,(H,37,38). The van der Waals surface area contributed by atoms with Crippen LogP contribution in [0.5, 0.6) is 5.75 Å². The van der Waals surface area contributed by atoms with Gasteiger partial charge in [0.1, 0.15) is 5.75 Å². The maximum absolute atomic E-state index is 13.8. The number of nitrogens with one attached hydrogen (secondary N) is 1. The quantitative estimate of drug-likeness (QED) is 0.266. The van der Waals surface area contributed by atoms with E-state index in [4.69, 9.17) is 9.47 Å². The smallest absolute Gasteiger partial charge is 0.335 e. The number of methoxy groups -OCH3 is 1. The van der Waals surface area contributed by atoms with Crippen LogP contribution in [0.2, 0.25) is 0 Å². The molecule has 0 unspecified atom stereocenters. The van der Waals surface area contributed by atoms with Gasteiger partial charge in [-0.25, -0.2) is 4.79 Å². The number of nitrogens with zero attached hydrogens (tertiary/aromatic N) is 2. The lowest BCUT2D eigenvalue weighted by molar-refractivity contribution is -0.136. The number of benzene rings is 2. The number of carboxylic acids is 1. The van der Waals surface area contributed by atoms with Crippen LogP contribution in [-0.4, -0.2) is 74.0 Å². The Hall–Kier alpha value is -3.36. The van der Waals surface area contributed by atoms with Crippen molar-refractivity contribution >= 4 is 22.8 Å². The molecular weight excluding hydrogens is 518 g/mol. The number of aromatic carboxylic acids is 1. The molecule has 1 amide bonds. The van der Waals surface area contributed by atoms with Crippen molar-refractivity contribution in [1.82, 2.24) is 14.8 Å². The maximum Gasteiger partial charge on any atom is 0.335 e. The number of rotatable bonds is 13. The predicted molar refractivity (Wildman–Crippen MR) is 161 cm³/mol. The molecule has 8 heteroatoms. The summed E-state index contributed by atoms with van der Waals surface area (Å²) in [6.07, 6.45) is 7.49. The van der Waals surface area contributed by atoms with Gasteiger partial charge >= 0.3 is 5.97 Å². The van der Waals surface area contributed by atoms with Crippen LogP contribution in [0.25, 0.3) is 22.2 Å². The number of amides is 1. The van der Waals surface area contributed by atoms with Gasteiger partial charge in [-0.1, -0.05) is 25.3 Å². The normalized spacial score (nSPS) is 16.6. The van der Waals surface area contributed by atoms with Crippen LogP contribution in [0.1, 0.15) is 66.8 Å². The van der Waals surface area contributed by atoms with Gasteiger partial charge < -0.3 is 29.4 Å². The lowest BCUT2D eigenvalue weighted by atomic mass is 9.81. The molecule has 1 heterocycles. The summed E-state index contributed by atoms with van der Waals surface area (Å²) in [7, 11) is 5.41. The molecular formula is C33H43N3O5. The lowest BCUT2D eigenvalue weighted by Crippen LogP contribution is -2.38. The fourth-order valence-corrected chi connectivity index (χ4v) is 6.42. The van der Waals surface area contributed by atoms with Gasteiger partial charge in [-0.3, -0.25) is 4.79 Å². The fraction of sp³-hybridized carbons (Fsp3) is 0.515. The SMILES string of the molecule is CNCCOCCN(C)C(=O)C1(Cn2c(-c3ccc(OC)cc3)c(C3CCCCC3)c3ccc(C(=O)O)cc32)CC1. The Kier molecular flexibility index (Phi) is 9.00. The first-order chi connectivity index (χ1) is 19.9. The molecule has 41 heavy (non-hydrogen) atoms. The predicted octanol–water partition coefficient (Wildman–Crippen LogP) is 5.54. The molecule has 0 radical (unpaired) electrons. The largest absolute Gasteiger partial charge is 0.497 e. The molecule has 0 bridgehead atoms.